The van der Waals surface area contributed by atoms with Crippen LogP contribution in [0.1, 0.15) is 50.3 Å². The summed E-state index contributed by atoms with van der Waals surface area (Å²) in [5, 5.41) is 6.49. The average Bonchev–Trinajstić information content (AvgIpc) is 2.67. The van der Waals surface area contributed by atoms with E-state index in [9.17, 15) is 0 Å². The normalized spacial score (nSPS) is 22.1. The van der Waals surface area contributed by atoms with Crippen molar-refractivity contribution in [2.75, 3.05) is 19.8 Å². The molecule has 1 saturated heterocycles. The van der Waals surface area contributed by atoms with Crippen LogP contribution in [-0.2, 0) is 28.1 Å². The van der Waals surface area contributed by atoms with Crippen LogP contribution in [0.2, 0.25) is 0 Å². The summed E-state index contributed by atoms with van der Waals surface area (Å²) in [6, 6.07) is 11.8. The Hall–Kier alpha value is -1.42. The van der Waals surface area contributed by atoms with Crippen LogP contribution >= 0.6 is 0 Å². The number of benzene rings is 2. The van der Waals surface area contributed by atoms with Crippen molar-refractivity contribution in [3.8, 4) is 0 Å². The lowest BCUT2D eigenvalue weighted by Crippen LogP contribution is -2.39. The minimum atomic E-state index is -0.581. The minimum absolute atomic E-state index is 0.531. The fraction of sp³-hybridized carbons (Fsp3) is 0.565. The molecule has 3 heteroatoms. The predicted octanol–water partition coefficient (Wildman–Crippen LogP) is 4.55. The number of rotatable bonds is 5. The van der Waals surface area contributed by atoms with Gasteiger partial charge in [0.15, 0.2) is 5.79 Å². The topological polar surface area (TPSA) is 30.5 Å². The molecule has 2 aliphatic rings. The first-order chi connectivity index (χ1) is 12.6. The lowest BCUT2D eigenvalue weighted by molar-refractivity contribution is -0.277. The Balaban J connectivity index is 1.74. The number of hydrogen-bond donors (Lipinski definition) is 1. The summed E-state index contributed by atoms with van der Waals surface area (Å²) in [4.78, 5) is 0. The zero-order chi connectivity index (χ0) is 18.1. The first-order valence-electron chi connectivity index (χ1n) is 10.2. The molecule has 1 heterocycles. The molecular formula is C23H31NO2. The molecular weight excluding hydrogens is 322 g/mol. The van der Waals surface area contributed by atoms with Crippen molar-refractivity contribution < 1.29 is 9.47 Å². The van der Waals surface area contributed by atoms with Crippen LogP contribution in [0.4, 0.5) is 0 Å². The summed E-state index contributed by atoms with van der Waals surface area (Å²) >= 11 is 0. The molecule has 2 aromatic carbocycles. The van der Waals surface area contributed by atoms with E-state index in [2.05, 4.69) is 56.4 Å². The molecule has 1 N–H and O–H groups in total. The van der Waals surface area contributed by atoms with Gasteiger partial charge >= 0.3 is 0 Å². The lowest BCUT2D eigenvalue weighted by Gasteiger charge is -2.38. The first-order valence-corrected chi connectivity index (χ1v) is 10.2. The molecule has 3 nitrogen and oxygen atoms in total. The standard InChI is InChI=1S/C23H31NO2/c1-4-23(25-11-6-12-26-23)21-10-9-18-14-19(24-15-16(2)3)13-17-7-5-8-20(21)22(17)18/h5,7-10,16,19,24H,4,6,11-15H2,1-3H3. The van der Waals surface area contributed by atoms with Crippen LogP contribution < -0.4 is 5.32 Å². The second-order valence-electron chi connectivity index (χ2n) is 8.18. The zero-order valence-electron chi connectivity index (χ0n) is 16.3. The van der Waals surface area contributed by atoms with E-state index in [1.54, 1.807) is 0 Å². The van der Waals surface area contributed by atoms with Crippen LogP contribution in [0.15, 0.2) is 30.3 Å². The van der Waals surface area contributed by atoms with Gasteiger partial charge in [0.2, 0.25) is 0 Å². The van der Waals surface area contributed by atoms with Gasteiger partial charge in [-0.1, -0.05) is 51.1 Å². The Kier molecular flexibility index (Phi) is 5.05. The second kappa shape index (κ2) is 7.30. The third-order valence-corrected chi connectivity index (χ3v) is 5.80. The number of nitrogens with one attached hydrogen (secondary N) is 1. The molecule has 2 aromatic rings. The van der Waals surface area contributed by atoms with Gasteiger partial charge in [0.05, 0.1) is 13.2 Å². The quantitative estimate of drug-likeness (QED) is 0.855. The molecule has 4 rings (SSSR count). The monoisotopic (exact) mass is 353 g/mol. The summed E-state index contributed by atoms with van der Waals surface area (Å²) in [6.45, 7) is 9.33. The van der Waals surface area contributed by atoms with Crippen molar-refractivity contribution in [1.82, 2.24) is 5.32 Å². The largest absolute Gasteiger partial charge is 0.346 e. The summed E-state index contributed by atoms with van der Waals surface area (Å²) in [7, 11) is 0. The van der Waals surface area contributed by atoms with Crippen molar-refractivity contribution in [2.24, 2.45) is 5.92 Å². The van der Waals surface area contributed by atoms with Gasteiger partial charge in [-0.15, -0.1) is 0 Å². The van der Waals surface area contributed by atoms with Crippen molar-refractivity contribution in [2.45, 2.75) is 58.3 Å². The number of hydrogen-bond acceptors (Lipinski definition) is 3. The third-order valence-electron chi connectivity index (χ3n) is 5.80. The Morgan fingerprint density at radius 1 is 1.08 bits per heavy atom. The molecule has 0 spiro atoms. The Morgan fingerprint density at radius 3 is 2.50 bits per heavy atom. The molecule has 140 valence electrons. The predicted molar refractivity (Wildman–Crippen MR) is 106 cm³/mol. The molecule has 0 saturated carbocycles. The highest BCUT2D eigenvalue weighted by molar-refractivity contribution is 5.93. The van der Waals surface area contributed by atoms with Crippen LogP contribution in [0.3, 0.4) is 0 Å². The fourth-order valence-electron chi connectivity index (χ4n) is 4.51. The summed E-state index contributed by atoms with van der Waals surface area (Å²) < 4.78 is 12.4. The molecule has 0 radical (unpaired) electrons. The van der Waals surface area contributed by atoms with Crippen LogP contribution in [0.5, 0.6) is 0 Å². The van der Waals surface area contributed by atoms with Crippen LogP contribution in [0, 0.1) is 5.92 Å². The molecule has 1 aliphatic heterocycles. The van der Waals surface area contributed by atoms with Gasteiger partial charge in [-0.25, -0.2) is 0 Å². The number of ether oxygens (including phenoxy) is 2. The molecule has 0 amide bonds. The van der Waals surface area contributed by atoms with E-state index < -0.39 is 5.79 Å². The van der Waals surface area contributed by atoms with Gasteiger partial charge in [-0.05, 0) is 53.6 Å². The van der Waals surface area contributed by atoms with Gasteiger partial charge in [0.1, 0.15) is 0 Å². The van der Waals surface area contributed by atoms with Crippen LogP contribution in [0.25, 0.3) is 10.8 Å². The van der Waals surface area contributed by atoms with Crippen LogP contribution in [-0.4, -0.2) is 25.8 Å². The summed E-state index contributed by atoms with van der Waals surface area (Å²) in [6.07, 6.45) is 4.01. The zero-order valence-corrected chi connectivity index (χ0v) is 16.3. The van der Waals surface area contributed by atoms with E-state index >= 15 is 0 Å². The van der Waals surface area contributed by atoms with Crippen molar-refractivity contribution in [3.05, 3.63) is 47.0 Å². The summed E-state index contributed by atoms with van der Waals surface area (Å²) in [5.74, 6) is 0.0990. The maximum absolute atomic E-state index is 6.19. The molecule has 1 atom stereocenters. The molecule has 0 aromatic heterocycles. The highest BCUT2D eigenvalue weighted by Crippen LogP contribution is 2.41. The second-order valence-corrected chi connectivity index (χ2v) is 8.18. The minimum Gasteiger partial charge on any atom is -0.346 e. The van der Waals surface area contributed by atoms with Gasteiger partial charge in [0, 0.05) is 18.0 Å². The maximum atomic E-state index is 6.19. The Labute approximate surface area is 157 Å². The van der Waals surface area contributed by atoms with Crippen molar-refractivity contribution in [1.29, 1.82) is 0 Å². The Morgan fingerprint density at radius 2 is 1.81 bits per heavy atom. The molecule has 1 unspecified atom stereocenters. The van der Waals surface area contributed by atoms with E-state index in [1.807, 2.05) is 0 Å². The maximum Gasteiger partial charge on any atom is 0.195 e. The third kappa shape index (κ3) is 3.17. The lowest BCUT2D eigenvalue weighted by atomic mass is 9.82. The van der Waals surface area contributed by atoms with E-state index in [1.165, 1.54) is 27.5 Å². The van der Waals surface area contributed by atoms with E-state index in [0.29, 0.717) is 12.0 Å². The fourth-order valence-corrected chi connectivity index (χ4v) is 4.51. The first kappa shape index (κ1) is 18.0. The average molecular weight is 354 g/mol. The molecule has 1 aliphatic carbocycles. The smallest absolute Gasteiger partial charge is 0.195 e. The van der Waals surface area contributed by atoms with E-state index in [0.717, 1.165) is 45.4 Å². The van der Waals surface area contributed by atoms with Gasteiger partial charge < -0.3 is 14.8 Å². The highest BCUT2D eigenvalue weighted by Gasteiger charge is 2.37. The SMILES string of the molecule is CCC1(c2ccc3c4c(cccc24)CC(NCC(C)C)C3)OCCCO1. The van der Waals surface area contributed by atoms with Crippen molar-refractivity contribution >= 4 is 10.8 Å². The van der Waals surface area contributed by atoms with Crippen molar-refractivity contribution in [3.63, 3.8) is 0 Å². The van der Waals surface area contributed by atoms with E-state index in [-0.39, 0.29) is 0 Å². The Bertz CT molecular complexity index is 765. The summed E-state index contributed by atoms with van der Waals surface area (Å²) in [5.41, 5.74) is 4.11. The highest BCUT2D eigenvalue weighted by atomic mass is 16.7. The van der Waals surface area contributed by atoms with Gasteiger partial charge in [0.25, 0.3) is 0 Å². The van der Waals surface area contributed by atoms with Gasteiger partial charge in [-0.3, -0.25) is 0 Å². The molecule has 0 bridgehead atoms. The van der Waals surface area contributed by atoms with Gasteiger partial charge in [-0.2, -0.15) is 0 Å². The molecule has 26 heavy (non-hydrogen) atoms. The molecule has 1 fully saturated rings. The van der Waals surface area contributed by atoms with E-state index in [4.69, 9.17) is 9.47 Å².